The van der Waals surface area contributed by atoms with E-state index >= 15 is 0 Å². The molecule has 0 spiro atoms. The number of carbonyl (C=O) groups excluding carboxylic acids is 1. The average molecular weight is 303 g/mol. The van der Waals surface area contributed by atoms with Gasteiger partial charge >= 0.3 is 0 Å². The molecule has 6 nitrogen and oxygen atoms in total. The minimum absolute atomic E-state index is 0.0868. The van der Waals surface area contributed by atoms with Crippen LogP contribution in [-0.2, 0) is 13.5 Å². The number of benzene rings is 1. The third-order valence-corrected chi connectivity index (χ3v) is 3.80. The second-order valence-corrected chi connectivity index (χ2v) is 5.30. The first-order valence-electron chi connectivity index (χ1n) is 7.20. The van der Waals surface area contributed by atoms with Crippen molar-refractivity contribution in [2.45, 2.75) is 26.7 Å². The summed E-state index contributed by atoms with van der Waals surface area (Å²) in [6.07, 6.45) is 1.58. The Morgan fingerprint density at radius 3 is 2.45 bits per heavy atom. The molecule has 1 aromatic carbocycles. The zero-order valence-electron chi connectivity index (χ0n) is 13.1. The fourth-order valence-corrected chi connectivity index (χ4v) is 2.50. The van der Waals surface area contributed by atoms with E-state index in [1.807, 2.05) is 25.6 Å². The summed E-state index contributed by atoms with van der Waals surface area (Å²) in [7, 11) is 1.91. The maximum Gasteiger partial charge on any atom is 0.258 e. The fraction of sp³-hybridized carbons (Fsp3) is 0.375. The SMILES string of the molecule is Cc1nn(C)c(C)c1CCCNC(=O)c1c(O)cccc1O. The summed E-state index contributed by atoms with van der Waals surface area (Å²) in [5.41, 5.74) is 3.24. The molecule has 0 radical (unpaired) electrons. The van der Waals surface area contributed by atoms with Crippen molar-refractivity contribution in [1.29, 1.82) is 0 Å². The van der Waals surface area contributed by atoms with Crippen LogP contribution in [0.5, 0.6) is 11.5 Å². The van der Waals surface area contributed by atoms with Crippen LogP contribution in [0.1, 0.15) is 33.7 Å². The molecule has 3 N–H and O–H groups in total. The Hall–Kier alpha value is -2.50. The summed E-state index contributed by atoms with van der Waals surface area (Å²) in [4.78, 5) is 12.0. The second kappa shape index (κ2) is 6.51. The summed E-state index contributed by atoms with van der Waals surface area (Å²) in [6, 6.07) is 4.23. The number of hydrogen-bond donors (Lipinski definition) is 3. The molecule has 118 valence electrons. The van der Waals surface area contributed by atoms with Crippen molar-refractivity contribution >= 4 is 5.91 Å². The number of aryl methyl sites for hydroxylation is 2. The van der Waals surface area contributed by atoms with E-state index < -0.39 is 5.91 Å². The number of nitrogens with zero attached hydrogens (tertiary/aromatic N) is 2. The van der Waals surface area contributed by atoms with E-state index in [4.69, 9.17) is 0 Å². The highest BCUT2D eigenvalue weighted by Gasteiger charge is 2.15. The normalized spacial score (nSPS) is 10.7. The summed E-state index contributed by atoms with van der Waals surface area (Å²) in [6.45, 7) is 4.45. The lowest BCUT2D eigenvalue weighted by Crippen LogP contribution is -2.25. The Morgan fingerprint density at radius 1 is 1.27 bits per heavy atom. The van der Waals surface area contributed by atoms with Gasteiger partial charge in [0, 0.05) is 19.3 Å². The predicted molar refractivity (Wildman–Crippen MR) is 83.1 cm³/mol. The number of phenols is 2. The van der Waals surface area contributed by atoms with Crippen LogP contribution in [0.4, 0.5) is 0 Å². The first-order valence-corrected chi connectivity index (χ1v) is 7.20. The lowest BCUT2D eigenvalue weighted by atomic mass is 10.1. The minimum Gasteiger partial charge on any atom is -0.507 e. The van der Waals surface area contributed by atoms with Crippen molar-refractivity contribution < 1.29 is 15.0 Å². The van der Waals surface area contributed by atoms with Crippen LogP contribution in [0.3, 0.4) is 0 Å². The zero-order valence-corrected chi connectivity index (χ0v) is 13.1. The van der Waals surface area contributed by atoms with Gasteiger partial charge in [0.15, 0.2) is 0 Å². The Bertz CT molecular complexity index is 672. The van der Waals surface area contributed by atoms with Crippen LogP contribution >= 0.6 is 0 Å². The molecule has 0 aliphatic carbocycles. The molecule has 0 saturated heterocycles. The highest BCUT2D eigenvalue weighted by molar-refractivity contribution is 5.99. The van der Waals surface area contributed by atoms with E-state index in [0.717, 1.165) is 24.2 Å². The maximum atomic E-state index is 12.0. The van der Waals surface area contributed by atoms with Crippen molar-refractivity contribution in [2.24, 2.45) is 7.05 Å². The summed E-state index contributed by atoms with van der Waals surface area (Å²) in [5.74, 6) is -0.928. The number of aromatic hydroxyl groups is 2. The molecule has 6 heteroatoms. The molecule has 2 rings (SSSR count). The number of amides is 1. The molecule has 1 amide bonds. The van der Waals surface area contributed by atoms with Crippen molar-refractivity contribution in [3.05, 3.63) is 40.7 Å². The number of hydrogen-bond acceptors (Lipinski definition) is 4. The van der Waals surface area contributed by atoms with Crippen LogP contribution in [0.2, 0.25) is 0 Å². The summed E-state index contributed by atoms with van der Waals surface area (Å²) in [5, 5.41) is 26.3. The van der Waals surface area contributed by atoms with Gasteiger partial charge in [0.05, 0.1) is 5.69 Å². The van der Waals surface area contributed by atoms with E-state index in [9.17, 15) is 15.0 Å². The number of carbonyl (C=O) groups is 1. The molecule has 22 heavy (non-hydrogen) atoms. The van der Waals surface area contributed by atoms with Crippen molar-refractivity contribution in [3.63, 3.8) is 0 Å². The standard InChI is InChI=1S/C16H21N3O3/c1-10-12(11(2)19(3)18-10)6-5-9-17-16(22)15-13(20)7-4-8-14(15)21/h4,7-8,20-21H,5-6,9H2,1-3H3,(H,17,22). The molecule has 2 aromatic rings. The third-order valence-electron chi connectivity index (χ3n) is 3.80. The van der Waals surface area contributed by atoms with Crippen molar-refractivity contribution in [2.75, 3.05) is 6.54 Å². The number of aromatic nitrogens is 2. The summed E-state index contributed by atoms with van der Waals surface area (Å²) < 4.78 is 1.85. The van der Waals surface area contributed by atoms with Gasteiger partial charge in [-0.25, -0.2) is 0 Å². The van der Waals surface area contributed by atoms with Crippen LogP contribution in [0, 0.1) is 13.8 Å². The fourth-order valence-electron chi connectivity index (χ4n) is 2.50. The average Bonchev–Trinajstić information content (AvgIpc) is 2.69. The Morgan fingerprint density at radius 2 is 1.91 bits per heavy atom. The first-order chi connectivity index (χ1) is 10.4. The lowest BCUT2D eigenvalue weighted by molar-refractivity contribution is 0.0948. The van der Waals surface area contributed by atoms with Gasteiger partial charge in [-0.1, -0.05) is 6.07 Å². The van der Waals surface area contributed by atoms with E-state index in [0.29, 0.717) is 6.54 Å². The quantitative estimate of drug-likeness (QED) is 0.735. The molecule has 0 bridgehead atoms. The zero-order chi connectivity index (χ0) is 16.3. The van der Waals surface area contributed by atoms with Gasteiger partial charge in [-0.2, -0.15) is 5.10 Å². The number of rotatable bonds is 5. The summed E-state index contributed by atoms with van der Waals surface area (Å²) >= 11 is 0. The van der Waals surface area contributed by atoms with Gasteiger partial charge in [-0.3, -0.25) is 9.48 Å². The molecule has 0 atom stereocenters. The molecule has 0 unspecified atom stereocenters. The Balaban J connectivity index is 1.90. The van der Waals surface area contributed by atoms with Crippen molar-refractivity contribution in [1.82, 2.24) is 15.1 Å². The van der Waals surface area contributed by atoms with E-state index in [2.05, 4.69) is 10.4 Å². The molecule has 1 aromatic heterocycles. The molecule has 0 aliphatic rings. The molecule has 0 fully saturated rings. The maximum absolute atomic E-state index is 12.0. The topological polar surface area (TPSA) is 87.4 Å². The van der Waals surface area contributed by atoms with Gasteiger partial charge in [0.1, 0.15) is 17.1 Å². The van der Waals surface area contributed by atoms with Gasteiger partial charge in [-0.15, -0.1) is 0 Å². The molecular formula is C16H21N3O3. The highest BCUT2D eigenvalue weighted by atomic mass is 16.3. The molecule has 1 heterocycles. The molecular weight excluding hydrogens is 282 g/mol. The third kappa shape index (κ3) is 3.21. The minimum atomic E-state index is -0.477. The predicted octanol–water partition coefficient (Wildman–Crippen LogP) is 1.81. The van der Waals surface area contributed by atoms with Gasteiger partial charge in [0.2, 0.25) is 0 Å². The van der Waals surface area contributed by atoms with Crippen LogP contribution in [0.25, 0.3) is 0 Å². The Labute approximate surface area is 129 Å². The lowest BCUT2D eigenvalue weighted by Gasteiger charge is -2.08. The second-order valence-electron chi connectivity index (χ2n) is 5.30. The number of nitrogens with one attached hydrogen (secondary N) is 1. The van der Waals surface area contributed by atoms with Crippen LogP contribution < -0.4 is 5.32 Å². The van der Waals surface area contributed by atoms with Crippen LogP contribution in [0.15, 0.2) is 18.2 Å². The van der Waals surface area contributed by atoms with E-state index in [-0.39, 0.29) is 17.1 Å². The highest BCUT2D eigenvalue weighted by Crippen LogP contribution is 2.25. The van der Waals surface area contributed by atoms with E-state index in [1.54, 1.807) is 0 Å². The van der Waals surface area contributed by atoms with Gasteiger partial charge in [-0.05, 0) is 44.4 Å². The van der Waals surface area contributed by atoms with Gasteiger partial charge in [0.25, 0.3) is 5.91 Å². The van der Waals surface area contributed by atoms with Crippen LogP contribution in [-0.4, -0.2) is 32.4 Å². The van der Waals surface area contributed by atoms with Crippen molar-refractivity contribution in [3.8, 4) is 11.5 Å². The Kier molecular flexibility index (Phi) is 4.70. The first kappa shape index (κ1) is 15.9. The smallest absolute Gasteiger partial charge is 0.258 e. The largest absolute Gasteiger partial charge is 0.507 e. The van der Waals surface area contributed by atoms with E-state index in [1.165, 1.54) is 23.8 Å². The molecule has 0 saturated carbocycles. The monoisotopic (exact) mass is 303 g/mol. The number of phenolic OH excluding ortho intramolecular Hbond substituents is 2. The van der Waals surface area contributed by atoms with Gasteiger partial charge < -0.3 is 15.5 Å². The molecule has 0 aliphatic heterocycles.